The fraction of sp³-hybridized carbons (Fsp3) is 0.111. The van der Waals surface area contributed by atoms with E-state index in [0.717, 1.165) is 21.0 Å². The summed E-state index contributed by atoms with van der Waals surface area (Å²) in [7, 11) is 0. The van der Waals surface area contributed by atoms with Crippen molar-refractivity contribution in [2.75, 3.05) is 9.96 Å². The van der Waals surface area contributed by atoms with Gasteiger partial charge in [0.1, 0.15) is 12.0 Å². The van der Waals surface area contributed by atoms with Gasteiger partial charge < -0.3 is 0 Å². The Labute approximate surface area is 210 Å². The summed E-state index contributed by atoms with van der Waals surface area (Å²) in [6.45, 7) is 0. The molecule has 0 spiro atoms. The van der Waals surface area contributed by atoms with E-state index in [-0.39, 0.29) is 17.5 Å². The van der Waals surface area contributed by atoms with Gasteiger partial charge in [-0.25, -0.2) is 9.96 Å². The van der Waals surface area contributed by atoms with Crippen LogP contribution in [0.5, 0.6) is 0 Å². The van der Waals surface area contributed by atoms with Crippen molar-refractivity contribution >= 4 is 40.2 Å². The van der Waals surface area contributed by atoms with Crippen molar-refractivity contribution in [3.8, 4) is 10.4 Å². The van der Waals surface area contributed by atoms with Gasteiger partial charge in [0.2, 0.25) is 5.91 Å². The fourth-order valence-corrected chi connectivity index (χ4v) is 5.89. The maximum absolute atomic E-state index is 13.7. The predicted molar refractivity (Wildman–Crippen MR) is 135 cm³/mol. The third-order valence-corrected chi connectivity index (χ3v) is 7.63. The Bertz CT molecular complexity index is 1460. The van der Waals surface area contributed by atoms with E-state index in [1.807, 2.05) is 48.5 Å². The molecule has 0 radical (unpaired) electrons. The lowest BCUT2D eigenvalue weighted by molar-refractivity contribution is -0.384. The van der Waals surface area contributed by atoms with E-state index >= 15 is 0 Å². The Morgan fingerprint density at radius 3 is 2.06 bits per heavy atom. The van der Waals surface area contributed by atoms with Crippen molar-refractivity contribution in [2.45, 2.75) is 12.1 Å². The lowest BCUT2D eigenvalue weighted by Crippen LogP contribution is -2.37. The number of carbonyl (C=O) groups is 2. The van der Waals surface area contributed by atoms with Crippen molar-refractivity contribution in [2.24, 2.45) is 5.92 Å². The van der Waals surface area contributed by atoms with E-state index in [4.69, 9.17) is 4.84 Å². The highest BCUT2D eigenvalue weighted by atomic mass is 32.1. The molecule has 6 rings (SSSR count). The molecule has 2 fully saturated rings. The first kappa shape index (κ1) is 22.1. The molecule has 4 aromatic rings. The molecule has 2 amide bonds. The third-order valence-electron chi connectivity index (χ3n) is 6.42. The molecule has 2 aliphatic rings. The summed E-state index contributed by atoms with van der Waals surface area (Å²) in [4.78, 5) is 46.8. The summed E-state index contributed by atoms with van der Waals surface area (Å²) in [5, 5.41) is 12.7. The molecule has 8 nitrogen and oxygen atoms in total. The van der Waals surface area contributed by atoms with Gasteiger partial charge >= 0.3 is 0 Å². The zero-order valence-electron chi connectivity index (χ0n) is 18.8. The SMILES string of the molecule is O=C1[C@H]2[C@H](ON(c3ccccc3)[C@H]2c2ccc(-c3ccc([N+](=O)[O-])cc3)s2)C(=O)N1c1ccccc1. The quantitative estimate of drug-likeness (QED) is 0.209. The molecule has 0 saturated carbocycles. The molecule has 0 unspecified atom stereocenters. The van der Waals surface area contributed by atoms with Crippen LogP contribution in [0.4, 0.5) is 17.1 Å². The molecule has 36 heavy (non-hydrogen) atoms. The van der Waals surface area contributed by atoms with Gasteiger partial charge in [0.15, 0.2) is 6.10 Å². The Hall–Kier alpha value is -4.34. The smallest absolute Gasteiger partial charge is 0.269 e. The number of hydroxylamine groups is 1. The van der Waals surface area contributed by atoms with Crippen LogP contribution >= 0.6 is 11.3 Å². The number of rotatable bonds is 5. The number of imide groups is 1. The zero-order chi connectivity index (χ0) is 24.8. The molecular formula is C27H19N3O5S. The van der Waals surface area contributed by atoms with Gasteiger partial charge in [0.05, 0.1) is 16.3 Å². The number of nitrogens with zero attached hydrogens (tertiary/aromatic N) is 3. The monoisotopic (exact) mass is 497 g/mol. The maximum Gasteiger partial charge on any atom is 0.269 e. The number of anilines is 2. The summed E-state index contributed by atoms with van der Waals surface area (Å²) in [5.41, 5.74) is 2.12. The van der Waals surface area contributed by atoms with Gasteiger partial charge in [-0.1, -0.05) is 36.4 Å². The number of amides is 2. The second-order valence-electron chi connectivity index (χ2n) is 8.51. The minimum absolute atomic E-state index is 0.0221. The minimum atomic E-state index is -0.937. The summed E-state index contributed by atoms with van der Waals surface area (Å²) in [6.07, 6.45) is -0.937. The van der Waals surface area contributed by atoms with E-state index in [1.54, 1.807) is 41.5 Å². The number of hydrogen-bond donors (Lipinski definition) is 0. The Kier molecular flexibility index (Phi) is 5.36. The number of hydrogen-bond acceptors (Lipinski definition) is 7. The third kappa shape index (κ3) is 3.57. The topological polar surface area (TPSA) is 93.0 Å². The van der Waals surface area contributed by atoms with Crippen LogP contribution in [0, 0.1) is 16.0 Å². The lowest BCUT2D eigenvalue weighted by Gasteiger charge is -2.27. The number of fused-ring (bicyclic) bond motifs is 1. The van der Waals surface area contributed by atoms with Crippen molar-refractivity contribution < 1.29 is 19.3 Å². The lowest BCUT2D eigenvalue weighted by atomic mass is 9.95. The number of non-ortho nitro benzene ring substituents is 1. The van der Waals surface area contributed by atoms with Crippen molar-refractivity contribution in [3.63, 3.8) is 0 Å². The highest BCUT2D eigenvalue weighted by Crippen LogP contribution is 2.49. The summed E-state index contributed by atoms with van der Waals surface area (Å²) in [6, 6.07) is 28.0. The van der Waals surface area contributed by atoms with Crippen molar-refractivity contribution in [1.29, 1.82) is 0 Å². The number of para-hydroxylation sites is 2. The Morgan fingerprint density at radius 1 is 0.778 bits per heavy atom. The number of benzene rings is 3. The molecule has 2 aliphatic heterocycles. The van der Waals surface area contributed by atoms with E-state index in [0.29, 0.717) is 5.69 Å². The number of nitro groups is 1. The van der Waals surface area contributed by atoms with Gasteiger partial charge in [0, 0.05) is 21.9 Å². The Morgan fingerprint density at radius 2 is 1.42 bits per heavy atom. The van der Waals surface area contributed by atoms with E-state index in [2.05, 4.69) is 0 Å². The normalized spacial score (nSPS) is 21.2. The minimum Gasteiger partial charge on any atom is -0.273 e. The number of carbonyl (C=O) groups excluding carboxylic acids is 2. The molecule has 3 heterocycles. The highest BCUT2D eigenvalue weighted by Gasteiger charge is 2.60. The number of nitro benzene ring substituents is 1. The first-order chi connectivity index (χ1) is 17.5. The maximum atomic E-state index is 13.7. The second-order valence-corrected chi connectivity index (χ2v) is 9.63. The van der Waals surface area contributed by atoms with Crippen LogP contribution in [0.15, 0.2) is 97.1 Å². The second kappa shape index (κ2) is 8.71. The van der Waals surface area contributed by atoms with Crippen LogP contribution in [0.2, 0.25) is 0 Å². The molecule has 1 aromatic heterocycles. The molecule has 178 valence electrons. The van der Waals surface area contributed by atoms with Crippen LogP contribution in [-0.4, -0.2) is 22.8 Å². The fourth-order valence-electron chi connectivity index (χ4n) is 4.75. The largest absolute Gasteiger partial charge is 0.273 e. The average Bonchev–Trinajstić information content (AvgIpc) is 3.60. The molecule has 3 aromatic carbocycles. The zero-order valence-corrected chi connectivity index (χ0v) is 19.6. The molecule has 3 atom stereocenters. The molecule has 0 N–H and O–H groups in total. The van der Waals surface area contributed by atoms with Crippen LogP contribution in [0.25, 0.3) is 10.4 Å². The van der Waals surface area contributed by atoms with E-state index in [1.165, 1.54) is 28.4 Å². The van der Waals surface area contributed by atoms with Gasteiger partial charge in [-0.15, -0.1) is 11.3 Å². The summed E-state index contributed by atoms with van der Waals surface area (Å²) >= 11 is 1.47. The van der Waals surface area contributed by atoms with Gasteiger partial charge in [-0.05, 0) is 54.1 Å². The van der Waals surface area contributed by atoms with E-state index < -0.39 is 23.0 Å². The first-order valence-corrected chi connectivity index (χ1v) is 12.1. The highest BCUT2D eigenvalue weighted by molar-refractivity contribution is 7.15. The molecule has 2 saturated heterocycles. The van der Waals surface area contributed by atoms with Gasteiger partial charge in [0.25, 0.3) is 11.6 Å². The van der Waals surface area contributed by atoms with Crippen LogP contribution in [0.3, 0.4) is 0 Å². The first-order valence-electron chi connectivity index (χ1n) is 11.3. The molecule has 9 heteroatoms. The van der Waals surface area contributed by atoms with E-state index in [9.17, 15) is 19.7 Å². The summed E-state index contributed by atoms with van der Waals surface area (Å²) in [5.74, 6) is -1.40. The Balaban J connectivity index is 1.40. The predicted octanol–water partition coefficient (Wildman–Crippen LogP) is 5.37. The number of thiophene rings is 1. The van der Waals surface area contributed by atoms with Gasteiger partial charge in [-0.2, -0.15) is 0 Å². The average molecular weight is 498 g/mol. The van der Waals surface area contributed by atoms with Crippen molar-refractivity contribution in [1.82, 2.24) is 0 Å². The van der Waals surface area contributed by atoms with Crippen LogP contribution < -0.4 is 9.96 Å². The molecular weight excluding hydrogens is 478 g/mol. The van der Waals surface area contributed by atoms with Crippen LogP contribution in [0.1, 0.15) is 10.9 Å². The molecule has 0 aliphatic carbocycles. The standard InChI is InChI=1S/C27H19N3O5S/c31-26-23-24(22-16-15-21(36-22)17-11-13-20(14-12-17)30(33)34)29(19-9-5-2-6-10-19)35-25(23)27(32)28(26)18-7-3-1-4-8-18/h1-16,23-25H/t23-,24+,25+/m1/s1. The van der Waals surface area contributed by atoms with Crippen LogP contribution in [-0.2, 0) is 14.4 Å². The molecule has 0 bridgehead atoms. The van der Waals surface area contributed by atoms with Gasteiger partial charge in [-0.3, -0.25) is 24.5 Å². The van der Waals surface area contributed by atoms with Crippen molar-refractivity contribution in [3.05, 3.63) is 112 Å². The summed E-state index contributed by atoms with van der Waals surface area (Å²) < 4.78 is 0.